The zero-order chi connectivity index (χ0) is 20.0. The molecular weight excluding hydrogens is 344 g/mol. The van der Waals surface area contributed by atoms with E-state index in [0.717, 1.165) is 11.3 Å². The van der Waals surface area contributed by atoms with Gasteiger partial charge in [0.1, 0.15) is 0 Å². The fourth-order valence-corrected chi connectivity index (χ4v) is 2.72. The number of carbonyl (C=O) groups excluding carboxylic acids is 2. The van der Waals surface area contributed by atoms with Gasteiger partial charge < -0.3 is 19.7 Å². The molecule has 0 heterocycles. The predicted molar refractivity (Wildman–Crippen MR) is 106 cm³/mol. The second-order valence-electron chi connectivity index (χ2n) is 6.26. The van der Waals surface area contributed by atoms with Crippen LogP contribution in [0.15, 0.2) is 36.4 Å². The van der Waals surface area contributed by atoms with Crippen LogP contribution in [0.4, 0.5) is 5.69 Å². The van der Waals surface area contributed by atoms with Crippen molar-refractivity contribution >= 4 is 17.5 Å². The number of amides is 2. The lowest BCUT2D eigenvalue weighted by molar-refractivity contribution is -0.116. The van der Waals surface area contributed by atoms with Crippen LogP contribution in [0.2, 0.25) is 0 Å². The van der Waals surface area contributed by atoms with E-state index in [9.17, 15) is 9.59 Å². The van der Waals surface area contributed by atoms with Crippen molar-refractivity contribution in [3.05, 3.63) is 53.1 Å². The molecule has 0 aliphatic heterocycles. The van der Waals surface area contributed by atoms with E-state index in [4.69, 9.17) is 9.47 Å². The summed E-state index contributed by atoms with van der Waals surface area (Å²) in [6.07, 6.45) is 0. The molecule has 0 spiro atoms. The zero-order valence-electron chi connectivity index (χ0n) is 16.5. The molecule has 0 saturated heterocycles. The normalized spacial score (nSPS) is 10.3. The van der Waals surface area contributed by atoms with Crippen LogP contribution in [0.3, 0.4) is 0 Å². The van der Waals surface area contributed by atoms with E-state index in [1.54, 1.807) is 30.2 Å². The highest BCUT2D eigenvalue weighted by atomic mass is 16.5. The number of nitrogens with one attached hydrogen (secondary N) is 1. The van der Waals surface area contributed by atoms with Crippen LogP contribution in [0.25, 0.3) is 0 Å². The highest BCUT2D eigenvalue weighted by Crippen LogP contribution is 2.27. The van der Waals surface area contributed by atoms with E-state index in [-0.39, 0.29) is 11.8 Å². The van der Waals surface area contributed by atoms with Crippen LogP contribution in [-0.2, 0) is 4.79 Å². The molecule has 6 heteroatoms. The van der Waals surface area contributed by atoms with Crippen LogP contribution in [0, 0.1) is 13.8 Å². The molecule has 0 fully saturated rings. The summed E-state index contributed by atoms with van der Waals surface area (Å²) in [5.41, 5.74) is 3.58. The lowest BCUT2D eigenvalue weighted by Crippen LogP contribution is -2.37. The maximum atomic E-state index is 12.4. The summed E-state index contributed by atoms with van der Waals surface area (Å²) in [4.78, 5) is 26.1. The van der Waals surface area contributed by atoms with Gasteiger partial charge in [-0.2, -0.15) is 0 Å². The molecule has 0 aromatic heterocycles. The highest BCUT2D eigenvalue weighted by Gasteiger charge is 2.14. The van der Waals surface area contributed by atoms with E-state index < -0.39 is 0 Å². The fraction of sp³-hybridized carbons (Fsp3) is 0.333. The summed E-state index contributed by atoms with van der Waals surface area (Å²) >= 11 is 0. The third kappa shape index (κ3) is 5.00. The van der Waals surface area contributed by atoms with Gasteiger partial charge in [-0.05, 0) is 55.3 Å². The Hall–Kier alpha value is -3.02. The Balaban J connectivity index is 2.03. The summed E-state index contributed by atoms with van der Waals surface area (Å²) in [6, 6.07) is 10.9. The van der Waals surface area contributed by atoms with E-state index in [1.807, 2.05) is 32.0 Å². The van der Waals surface area contributed by atoms with Gasteiger partial charge >= 0.3 is 0 Å². The highest BCUT2D eigenvalue weighted by molar-refractivity contribution is 5.95. The van der Waals surface area contributed by atoms with Crippen LogP contribution in [0.1, 0.15) is 28.4 Å². The molecule has 0 atom stereocenters. The average Bonchev–Trinajstić information content (AvgIpc) is 2.66. The molecule has 0 saturated carbocycles. The van der Waals surface area contributed by atoms with Crippen molar-refractivity contribution in [1.82, 2.24) is 5.32 Å². The molecule has 2 aromatic carbocycles. The van der Waals surface area contributed by atoms with Crippen molar-refractivity contribution in [3.8, 4) is 11.5 Å². The maximum Gasteiger partial charge on any atom is 0.251 e. The van der Waals surface area contributed by atoms with Gasteiger partial charge in [-0.1, -0.05) is 6.07 Å². The molecule has 0 radical (unpaired) electrons. The van der Waals surface area contributed by atoms with E-state index >= 15 is 0 Å². The number of nitrogens with zero attached hydrogens (tertiary/aromatic N) is 1. The Bertz CT molecular complexity index is 833. The smallest absolute Gasteiger partial charge is 0.251 e. The SMILES string of the molecule is COc1ccc(C(=O)NCCN(C(C)=O)c2ccc(C)c(C)c2)cc1OC. The first-order valence-electron chi connectivity index (χ1n) is 8.73. The lowest BCUT2D eigenvalue weighted by Gasteiger charge is -2.22. The van der Waals surface area contributed by atoms with Gasteiger partial charge in [0.05, 0.1) is 14.2 Å². The minimum atomic E-state index is -0.237. The van der Waals surface area contributed by atoms with Gasteiger partial charge in [-0.15, -0.1) is 0 Å². The van der Waals surface area contributed by atoms with Crippen LogP contribution >= 0.6 is 0 Å². The Morgan fingerprint density at radius 2 is 1.67 bits per heavy atom. The standard InChI is InChI=1S/C21H26N2O4/c1-14-6-8-18(12-15(14)2)23(16(3)24)11-10-22-21(25)17-7-9-19(26-4)20(13-17)27-5/h6-9,12-13H,10-11H2,1-5H3,(H,22,25). The van der Waals surface area contributed by atoms with Gasteiger partial charge in [0.2, 0.25) is 5.91 Å². The molecule has 0 unspecified atom stereocenters. The monoisotopic (exact) mass is 370 g/mol. The van der Waals surface area contributed by atoms with Crippen molar-refractivity contribution in [2.24, 2.45) is 0 Å². The third-order valence-electron chi connectivity index (χ3n) is 4.45. The zero-order valence-corrected chi connectivity index (χ0v) is 16.5. The molecule has 6 nitrogen and oxygen atoms in total. The summed E-state index contributed by atoms with van der Waals surface area (Å²) in [5.74, 6) is 0.746. The molecule has 2 aromatic rings. The van der Waals surface area contributed by atoms with Gasteiger partial charge in [-0.3, -0.25) is 9.59 Å². The predicted octanol–water partition coefficient (Wildman–Crippen LogP) is 3.10. The van der Waals surface area contributed by atoms with Gasteiger partial charge in [0, 0.05) is 31.3 Å². The summed E-state index contributed by atoms with van der Waals surface area (Å²) in [7, 11) is 3.06. The average molecular weight is 370 g/mol. The largest absolute Gasteiger partial charge is 0.493 e. The molecule has 2 rings (SSSR count). The molecule has 0 aliphatic rings. The number of ether oxygens (including phenoxy) is 2. The number of rotatable bonds is 7. The van der Waals surface area contributed by atoms with Gasteiger partial charge in [0.25, 0.3) is 5.91 Å². The fourth-order valence-electron chi connectivity index (χ4n) is 2.72. The van der Waals surface area contributed by atoms with Crippen molar-refractivity contribution in [1.29, 1.82) is 0 Å². The van der Waals surface area contributed by atoms with Crippen LogP contribution in [-0.4, -0.2) is 39.1 Å². The minimum Gasteiger partial charge on any atom is -0.493 e. The number of anilines is 1. The Morgan fingerprint density at radius 3 is 2.26 bits per heavy atom. The maximum absolute atomic E-state index is 12.4. The molecule has 2 amide bonds. The van der Waals surface area contributed by atoms with Crippen LogP contribution in [0.5, 0.6) is 11.5 Å². The van der Waals surface area contributed by atoms with Crippen molar-refractivity contribution in [3.63, 3.8) is 0 Å². The van der Waals surface area contributed by atoms with Gasteiger partial charge in [-0.25, -0.2) is 0 Å². The number of hydrogen-bond acceptors (Lipinski definition) is 4. The van der Waals surface area contributed by atoms with E-state index in [1.165, 1.54) is 19.6 Å². The number of aryl methyl sites for hydroxylation is 2. The molecule has 0 aliphatic carbocycles. The number of benzene rings is 2. The summed E-state index contributed by atoms with van der Waals surface area (Å²) < 4.78 is 10.4. The number of carbonyl (C=O) groups is 2. The van der Waals surface area contributed by atoms with Crippen molar-refractivity contribution in [2.45, 2.75) is 20.8 Å². The molecule has 0 bridgehead atoms. The number of methoxy groups -OCH3 is 2. The van der Waals surface area contributed by atoms with Crippen LogP contribution < -0.4 is 19.7 Å². The summed E-state index contributed by atoms with van der Waals surface area (Å²) in [6.45, 7) is 6.28. The number of hydrogen-bond donors (Lipinski definition) is 1. The van der Waals surface area contributed by atoms with Crippen molar-refractivity contribution < 1.29 is 19.1 Å². The first-order chi connectivity index (χ1) is 12.9. The third-order valence-corrected chi connectivity index (χ3v) is 4.45. The van der Waals surface area contributed by atoms with Crippen molar-refractivity contribution in [2.75, 3.05) is 32.2 Å². The minimum absolute atomic E-state index is 0.0707. The first-order valence-corrected chi connectivity index (χ1v) is 8.73. The Kier molecular flexibility index (Phi) is 6.82. The Labute approximate surface area is 160 Å². The molecular formula is C21H26N2O4. The molecule has 144 valence electrons. The Morgan fingerprint density at radius 1 is 0.963 bits per heavy atom. The van der Waals surface area contributed by atoms with E-state index in [0.29, 0.717) is 30.2 Å². The quantitative estimate of drug-likeness (QED) is 0.813. The molecule has 27 heavy (non-hydrogen) atoms. The second kappa shape index (κ2) is 9.07. The lowest BCUT2D eigenvalue weighted by atomic mass is 10.1. The molecule has 1 N–H and O–H groups in total. The van der Waals surface area contributed by atoms with E-state index in [2.05, 4.69) is 5.32 Å². The second-order valence-corrected chi connectivity index (χ2v) is 6.26. The first kappa shape index (κ1) is 20.3. The summed E-state index contributed by atoms with van der Waals surface area (Å²) in [5, 5.41) is 2.84. The topological polar surface area (TPSA) is 67.9 Å². The van der Waals surface area contributed by atoms with Gasteiger partial charge in [0.15, 0.2) is 11.5 Å².